The van der Waals surface area contributed by atoms with Crippen LogP contribution in [0.3, 0.4) is 0 Å². The summed E-state index contributed by atoms with van der Waals surface area (Å²) in [5, 5.41) is 0.387. The zero-order chi connectivity index (χ0) is 12.3. The van der Waals surface area contributed by atoms with Crippen LogP contribution < -0.4 is 5.73 Å². The van der Waals surface area contributed by atoms with E-state index in [1.807, 2.05) is 0 Å². The van der Waals surface area contributed by atoms with Crippen LogP contribution in [-0.4, -0.2) is 11.2 Å². The SMILES string of the molecule is NC(=O)c1cccc(CCBr)c1C(F)(F)F. The second-order valence-corrected chi connectivity index (χ2v) is 3.93. The molecule has 1 aromatic carbocycles. The molecule has 0 heterocycles. The molecule has 0 aliphatic rings. The summed E-state index contributed by atoms with van der Waals surface area (Å²) in [6.45, 7) is 0. The van der Waals surface area contributed by atoms with E-state index in [0.29, 0.717) is 5.33 Å². The maximum atomic E-state index is 12.8. The van der Waals surface area contributed by atoms with Gasteiger partial charge in [0, 0.05) is 5.33 Å². The van der Waals surface area contributed by atoms with E-state index in [0.717, 1.165) is 6.07 Å². The highest BCUT2D eigenvalue weighted by atomic mass is 79.9. The fourth-order valence-corrected chi connectivity index (χ4v) is 1.88. The topological polar surface area (TPSA) is 43.1 Å². The van der Waals surface area contributed by atoms with Crippen molar-refractivity contribution < 1.29 is 18.0 Å². The summed E-state index contributed by atoms with van der Waals surface area (Å²) in [5.74, 6) is -1.07. The van der Waals surface area contributed by atoms with Gasteiger partial charge < -0.3 is 5.73 Å². The van der Waals surface area contributed by atoms with E-state index in [1.165, 1.54) is 12.1 Å². The molecule has 88 valence electrons. The molecule has 0 bridgehead atoms. The zero-order valence-corrected chi connectivity index (χ0v) is 9.73. The minimum Gasteiger partial charge on any atom is -0.366 e. The summed E-state index contributed by atoms with van der Waals surface area (Å²) >= 11 is 3.07. The third kappa shape index (κ3) is 2.75. The van der Waals surface area contributed by atoms with Crippen molar-refractivity contribution in [2.24, 2.45) is 5.73 Å². The van der Waals surface area contributed by atoms with Crippen LogP contribution in [-0.2, 0) is 12.6 Å². The average Bonchev–Trinajstić information content (AvgIpc) is 2.16. The highest BCUT2D eigenvalue weighted by molar-refractivity contribution is 9.09. The number of benzene rings is 1. The van der Waals surface area contributed by atoms with Gasteiger partial charge in [-0.1, -0.05) is 28.1 Å². The van der Waals surface area contributed by atoms with E-state index in [9.17, 15) is 18.0 Å². The van der Waals surface area contributed by atoms with Gasteiger partial charge in [0.05, 0.1) is 11.1 Å². The predicted molar refractivity (Wildman–Crippen MR) is 57.5 cm³/mol. The van der Waals surface area contributed by atoms with Crippen LogP contribution in [0, 0.1) is 0 Å². The van der Waals surface area contributed by atoms with Gasteiger partial charge in [-0.3, -0.25) is 4.79 Å². The molecule has 1 amide bonds. The van der Waals surface area contributed by atoms with Crippen molar-refractivity contribution in [3.8, 4) is 0 Å². The fourth-order valence-electron chi connectivity index (χ4n) is 1.45. The van der Waals surface area contributed by atoms with Crippen LogP contribution in [0.5, 0.6) is 0 Å². The number of primary amides is 1. The van der Waals surface area contributed by atoms with E-state index >= 15 is 0 Å². The van der Waals surface area contributed by atoms with E-state index in [2.05, 4.69) is 15.9 Å². The average molecular weight is 296 g/mol. The van der Waals surface area contributed by atoms with Crippen molar-refractivity contribution in [1.29, 1.82) is 0 Å². The minimum absolute atomic E-state index is 0.0701. The molecule has 0 radical (unpaired) electrons. The molecule has 2 N–H and O–H groups in total. The maximum absolute atomic E-state index is 12.8. The second kappa shape index (κ2) is 4.86. The smallest absolute Gasteiger partial charge is 0.366 e. The molecule has 16 heavy (non-hydrogen) atoms. The normalized spacial score (nSPS) is 11.5. The van der Waals surface area contributed by atoms with Gasteiger partial charge in [0.15, 0.2) is 0 Å². The highest BCUT2D eigenvalue weighted by Gasteiger charge is 2.36. The summed E-state index contributed by atoms with van der Waals surface area (Å²) in [5.41, 5.74) is 3.59. The monoisotopic (exact) mass is 295 g/mol. The highest BCUT2D eigenvalue weighted by Crippen LogP contribution is 2.35. The maximum Gasteiger partial charge on any atom is 0.417 e. The molecule has 0 saturated carbocycles. The number of nitrogens with two attached hydrogens (primary N) is 1. The molecule has 0 fully saturated rings. The van der Waals surface area contributed by atoms with Crippen LogP contribution in [0.25, 0.3) is 0 Å². The van der Waals surface area contributed by atoms with Gasteiger partial charge in [-0.15, -0.1) is 0 Å². The summed E-state index contributed by atoms with van der Waals surface area (Å²) in [4.78, 5) is 10.9. The zero-order valence-electron chi connectivity index (χ0n) is 8.14. The Morgan fingerprint density at radius 2 is 2.00 bits per heavy atom. The molecule has 0 saturated heterocycles. The molecule has 0 aliphatic heterocycles. The molecule has 1 aromatic rings. The molecule has 0 spiro atoms. The first-order valence-corrected chi connectivity index (χ1v) is 5.55. The van der Waals surface area contributed by atoms with Crippen LogP contribution in [0.1, 0.15) is 21.5 Å². The van der Waals surface area contributed by atoms with E-state index in [-0.39, 0.29) is 12.0 Å². The summed E-state index contributed by atoms with van der Waals surface area (Å²) in [6.07, 6.45) is -4.38. The lowest BCUT2D eigenvalue weighted by molar-refractivity contribution is -0.138. The number of alkyl halides is 4. The molecule has 2 nitrogen and oxygen atoms in total. The van der Waals surface area contributed by atoms with E-state index < -0.39 is 23.2 Å². The summed E-state index contributed by atoms with van der Waals surface area (Å²) in [6, 6.07) is 3.83. The Morgan fingerprint density at radius 3 is 2.44 bits per heavy atom. The number of carbonyl (C=O) groups excluding carboxylic acids is 1. The van der Waals surface area contributed by atoms with Crippen LogP contribution in [0.15, 0.2) is 18.2 Å². The standard InChI is InChI=1S/C10H9BrF3NO/c11-5-4-6-2-1-3-7(9(15)16)8(6)10(12,13)14/h1-3H,4-5H2,(H2,15,16). The van der Waals surface area contributed by atoms with Crippen molar-refractivity contribution in [3.05, 3.63) is 34.9 Å². The Balaban J connectivity index is 3.41. The number of rotatable bonds is 3. The molecular weight excluding hydrogens is 287 g/mol. The van der Waals surface area contributed by atoms with Crippen molar-refractivity contribution in [2.75, 3.05) is 5.33 Å². The lowest BCUT2D eigenvalue weighted by Crippen LogP contribution is -2.20. The molecule has 0 atom stereocenters. The van der Waals surface area contributed by atoms with Gasteiger partial charge >= 0.3 is 6.18 Å². The predicted octanol–water partition coefficient (Wildman–Crippen LogP) is 2.74. The number of aryl methyl sites for hydroxylation is 1. The third-order valence-corrected chi connectivity index (χ3v) is 2.46. The minimum atomic E-state index is -4.57. The Kier molecular flexibility index (Phi) is 3.96. The van der Waals surface area contributed by atoms with Crippen molar-refractivity contribution in [1.82, 2.24) is 0 Å². The van der Waals surface area contributed by atoms with Crippen molar-refractivity contribution >= 4 is 21.8 Å². The van der Waals surface area contributed by atoms with Crippen LogP contribution in [0.2, 0.25) is 0 Å². The number of amides is 1. The van der Waals surface area contributed by atoms with Gasteiger partial charge in [-0.25, -0.2) is 0 Å². The molecule has 6 heteroatoms. The molecule has 0 aromatic heterocycles. The number of hydrogen-bond donors (Lipinski definition) is 1. The lowest BCUT2D eigenvalue weighted by atomic mass is 9.98. The Morgan fingerprint density at radius 1 is 1.38 bits per heavy atom. The molecule has 1 rings (SSSR count). The van der Waals surface area contributed by atoms with Gasteiger partial charge in [-0.2, -0.15) is 13.2 Å². The quantitative estimate of drug-likeness (QED) is 0.856. The first-order chi connectivity index (χ1) is 7.38. The Bertz CT molecular complexity index is 404. The number of hydrogen-bond acceptors (Lipinski definition) is 1. The van der Waals surface area contributed by atoms with Gasteiger partial charge in [0.2, 0.25) is 5.91 Å². The van der Waals surface area contributed by atoms with Crippen LogP contribution >= 0.6 is 15.9 Å². The number of carbonyl (C=O) groups is 1. The third-order valence-electron chi connectivity index (χ3n) is 2.06. The van der Waals surface area contributed by atoms with Crippen LogP contribution in [0.4, 0.5) is 13.2 Å². The number of halogens is 4. The Labute approximate surface area is 98.8 Å². The van der Waals surface area contributed by atoms with Gasteiger partial charge in [0.25, 0.3) is 0 Å². The molecule has 0 aliphatic carbocycles. The van der Waals surface area contributed by atoms with Crippen molar-refractivity contribution in [2.45, 2.75) is 12.6 Å². The largest absolute Gasteiger partial charge is 0.417 e. The van der Waals surface area contributed by atoms with E-state index in [4.69, 9.17) is 5.73 Å². The van der Waals surface area contributed by atoms with E-state index in [1.54, 1.807) is 0 Å². The summed E-state index contributed by atoms with van der Waals surface area (Å²) in [7, 11) is 0. The van der Waals surface area contributed by atoms with Gasteiger partial charge in [0.1, 0.15) is 0 Å². The molecule has 0 unspecified atom stereocenters. The molecular formula is C10H9BrF3NO. The second-order valence-electron chi connectivity index (χ2n) is 3.14. The lowest BCUT2D eigenvalue weighted by Gasteiger charge is -2.15. The Hall–Kier alpha value is -1.04. The van der Waals surface area contributed by atoms with Gasteiger partial charge in [-0.05, 0) is 18.1 Å². The van der Waals surface area contributed by atoms with Crippen molar-refractivity contribution in [3.63, 3.8) is 0 Å². The first-order valence-electron chi connectivity index (χ1n) is 4.42. The summed E-state index contributed by atoms with van der Waals surface area (Å²) < 4.78 is 38.3. The fraction of sp³-hybridized carbons (Fsp3) is 0.300. The first kappa shape index (κ1) is 13.0.